The SMILES string of the molecule is CC1(c2cc(CC(=O)c3ccc(C(F)(F)F)cn3)ccc2F)Cc2c(F)cncc2C(N)=N1. The van der Waals surface area contributed by atoms with Gasteiger partial charge >= 0.3 is 6.18 Å². The zero-order valence-electron chi connectivity index (χ0n) is 17.3. The van der Waals surface area contributed by atoms with Gasteiger partial charge in [-0.25, -0.2) is 8.78 Å². The molecule has 0 saturated heterocycles. The van der Waals surface area contributed by atoms with Crippen molar-refractivity contribution < 1.29 is 26.7 Å². The number of fused-ring (bicyclic) bond motifs is 1. The third-order valence-corrected chi connectivity index (χ3v) is 5.52. The van der Waals surface area contributed by atoms with Crippen LogP contribution >= 0.6 is 0 Å². The average molecular weight is 460 g/mol. The molecule has 0 aliphatic carbocycles. The number of halogens is 5. The number of carbonyl (C=O) groups excluding carboxylic acids is 1. The van der Waals surface area contributed by atoms with Gasteiger partial charge in [0.2, 0.25) is 0 Å². The molecule has 1 unspecified atom stereocenters. The number of benzene rings is 1. The second-order valence-corrected chi connectivity index (χ2v) is 7.94. The molecular weight excluding hydrogens is 443 g/mol. The van der Waals surface area contributed by atoms with Crippen molar-refractivity contribution in [2.75, 3.05) is 0 Å². The minimum atomic E-state index is -4.56. The number of aliphatic imine (C=N–C) groups is 1. The van der Waals surface area contributed by atoms with E-state index < -0.39 is 34.7 Å². The molecular formula is C23H17F5N4O. The molecule has 3 heterocycles. The number of ketones is 1. The molecule has 2 aromatic heterocycles. The highest BCUT2D eigenvalue weighted by Crippen LogP contribution is 2.37. The van der Waals surface area contributed by atoms with Crippen molar-refractivity contribution in [3.05, 3.63) is 94.1 Å². The highest BCUT2D eigenvalue weighted by molar-refractivity contribution is 6.00. The van der Waals surface area contributed by atoms with Crippen molar-refractivity contribution in [2.24, 2.45) is 10.7 Å². The first kappa shape index (κ1) is 22.5. The molecule has 3 aromatic rings. The molecule has 0 amide bonds. The molecule has 33 heavy (non-hydrogen) atoms. The lowest BCUT2D eigenvalue weighted by Crippen LogP contribution is -2.35. The summed E-state index contributed by atoms with van der Waals surface area (Å²) >= 11 is 0. The van der Waals surface area contributed by atoms with Gasteiger partial charge in [-0.15, -0.1) is 0 Å². The van der Waals surface area contributed by atoms with Crippen LogP contribution < -0.4 is 5.73 Å². The van der Waals surface area contributed by atoms with Gasteiger partial charge < -0.3 is 5.73 Å². The molecule has 1 aromatic carbocycles. The lowest BCUT2D eigenvalue weighted by Gasteiger charge is -2.32. The fourth-order valence-electron chi connectivity index (χ4n) is 3.82. The molecule has 0 bridgehead atoms. The number of nitrogens with two attached hydrogens (primary N) is 1. The molecule has 5 nitrogen and oxygen atoms in total. The van der Waals surface area contributed by atoms with Crippen LogP contribution in [-0.4, -0.2) is 21.6 Å². The summed E-state index contributed by atoms with van der Waals surface area (Å²) in [7, 11) is 0. The Kier molecular flexibility index (Phi) is 5.47. The Morgan fingerprint density at radius 3 is 2.52 bits per heavy atom. The molecule has 2 N–H and O–H groups in total. The molecule has 4 rings (SSSR count). The van der Waals surface area contributed by atoms with Crippen LogP contribution in [0.1, 0.15) is 45.2 Å². The number of carbonyl (C=O) groups is 1. The van der Waals surface area contributed by atoms with E-state index in [-0.39, 0.29) is 35.5 Å². The van der Waals surface area contributed by atoms with Crippen molar-refractivity contribution in [1.82, 2.24) is 9.97 Å². The molecule has 1 atom stereocenters. The maximum absolute atomic E-state index is 14.8. The fraction of sp³-hybridized carbons (Fsp3) is 0.217. The van der Waals surface area contributed by atoms with Gasteiger partial charge in [0.1, 0.15) is 23.2 Å². The van der Waals surface area contributed by atoms with Gasteiger partial charge in [0.15, 0.2) is 5.78 Å². The van der Waals surface area contributed by atoms with E-state index >= 15 is 0 Å². The Balaban J connectivity index is 1.63. The van der Waals surface area contributed by atoms with Crippen molar-refractivity contribution in [3.63, 3.8) is 0 Å². The topological polar surface area (TPSA) is 81.2 Å². The minimum absolute atomic E-state index is 0.0144. The molecule has 0 radical (unpaired) electrons. The number of aromatic nitrogens is 2. The zero-order valence-corrected chi connectivity index (χ0v) is 17.3. The van der Waals surface area contributed by atoms with Crippen molar-refractivity contribution >= 4 is 11.6 Å². The van der Waals surface area contributed by atoms with Gasteiger partial charge in [0.25, 0.3) is 0 Å². The summed E-state index contributed by atoms with van der Waals surface area (Å²) in [5, 5.41) is 0. The molecule has 10 heteroatoms. The number of hydrogen-bond donors (Lipinski definition) is 1. The van der Waals surface area contributed by atoms with Crippen LogP contribution in [0.15, 0.2) is 53.9 Å². The summed E-state index contributed by atoms with van der Waals surface area (Å²) < 4.78 is 67.3. The first-order valence-electron chi connectivity index (χ1n) is 9.81. The number of pyridine rings is 2. The van der Waals surface area contributed by atoms with E-state index in [2.05, 4.69) is 15.0 Å². The zero-order chi connectivity index (χ0) is 24.0. The van der Waals surface area contributed by atoms with E-state index in [1.807, 2.05) is 0 Å². The van der Waals surface area contributed by atoms with Gasteiger partial charge in [-0.1, -0.05) is 6.07 Å². The van der Waals surface area contributed by atoms with Gasteiger partial charge in [-0.3, -0.25) is 19.8 Å². The first-order chi connectivity index (χ1) is 15.5. The minimum Gasteiger partial charge on any atom is -0.383 e. The first-order valence-corrected chi connectivity index (χ1v) is 9.81. The predicted molar refractivity (Wildman–Crippen MR) is 110 cm³/mol. The highest BCUT2D eigenvalue weighted by atomic mass is 19.4. The summed E-state index contributed by atoms with van der Waals surface area (Å²) in [6.07, 6.45) is -1.75. The van der Waals surface area contributed by atoms with Crippen LogP contribution in [0.3, 0.4) is 0 Å². The number of amidine groups is 1. The van der Waals surface area contributed by atoms with Crippen molar-refractivity contribution in [1.29, 1.82) is 0 Å². The normalized spacial score (nSPS) is 17.9. The number of Topliss-reactive ketones (excluding diaryl/α,β-unsaturated/α-hetero) is 1. The van der Waals surface area contributed by atoms with Crippen LogP contribution in [0.4, 0.5) is 22.0 Å². The molecule has 170 valence electrons. The maximum atomic E-state index is 14.8. The van der Waals surface area contributed by atoms with E-state index in [0.717, 1.165) is 24.4 Å². The average Bonchev–Trinajstić information content (AvgIpc) is 2.75. The van der Waals surface area contributed by atoms with E-state index in [9.17, 15) is 26.7 Å². The van der Waals surface area contributed by atoms with E-state index in [4.69, 9.17) is 5.73 Å². The quantitative estimate of drug-likeness (QED) is 0.463. The fourth-order valence-corrected chi connectivity index (χ4v) is 3.82. The number of rotatable bonds is 4. The summed E-state index contributed by atoms with van der Waals surface area (Å²) in [6.45, 7) is 1.60. The van der Waals surface area contributed by atoms with Gasteiger partial charge in [-0.05, 0) is 36.8 Å². The predicted octanol–water partition coefficient (Wildman–Crippen LogP) is 4.38. The van der Waals surface area contributed by atoms with Gasteiger partial charge in [0.05, 0.1) is 17.3 Å². The van der Waals surface area contributed by atoms with Crippen molar-refractivity contribution in [3.8, 4) is 0 Å². The summed E-state index contributed by atoms with van der Waals surface area (Å²) in [4.78, 5) is 24.3. The number of nitrogens with zero attached hydrogens (tertiary/aromatic N) is 3. The van der Waals surface area contributed by atoms with E-state index in [1.54, 1.807) is 6.92 Å². The van der Waals surface area contributed by atoms with Crippen LogP contribution in [0, 0.1) is 11.6 Å². The second kappa shape index (κ2) is 8.02. The lowest BCUT2D eigenvalue weighted by molar-refractivity contribution is -0.137. The third-order valence-electron chi connectivity index (χ3n) is 5.52. The van der Waals surface area contributed by atoms with Crippen LogP contribution in [0.25, 0.3) is 0 Å². The Bertz CT molecular complexity index is 1270. The molecule has 1 aliphatic rings. The standard InChI is InChI=1S/C23H17F5N4O/c1-22(8-14-15(21(29)32-22)10-30-11-18(14)25)16-6-12(2-4-17(16)24)7-20(33)19-5-3-13(9-31-19)23(26,27)28/h2-6,9-11H,7-8H2,1H3,(H2,29,32). The van der Waals surface area contributed by atoms with Crippen LogP contribution in [0.2, 0.25) is 0 Å². The summed E-state index contributed by atoms with van der Waals surface area (Å²) in [5.74, 6) is -1.73. The van der Waals surface area contributed by atoms with Gasteiger partial charge in [-0.2, -0.15) is 13.2 Å². The van der Waals surface area contributed by atoms with Gasteiger partial charge in [0, 0.05) is 41.9 Å². The Morgan fingerprint density at radius 1 is 1.09 bits per heavy atom. The maximum Gasteiger partial charge on any atom is 0.417 e. The molecule has 0 saturated carbocycles. The molecule has 0 fully saturated rings. The number of alkyl halides is 3. The van der Waals surface area contributed by atoms with Crippen LogP contribution in [0.5, 0.6) is 0 Å². The summed E-state index contributed by atoms with van der Waals surface area (Å²) in [5.41, 5.74) is 4.74. The summed E-state index contributed by atoms with van der Waals surface area (Å²) in [6, 6.07) is 5.75. The van der Waals surface area contributed by atoms with Crippen LogP contribution in [-0.2, 0) is 24.6 Å². The molecule has 0 spiro atoms. The Morgan fingerprint density at radius 2 is 1.85 bits per heavy atom. The van der Waals surface area contributed by atoms with Crippen molar-refractivity contribution in [2.45, 2.75) is 31.5 Å². The largest absolute Gasteiger partial charge is 0.417 e. The second-order valence-electron chi connectivity index (χ2n) is 7.94. The lowest BCUT2D eigenvalue weighted by atomic mass is 9.81. The number of hydrogen-bond acceptors (Lipinski definition) is 5. The van der Waals surface area contributed by atoms with E-state index in [0.29, 0.717) is 17.3 Å². The highest BCUT2D eigenvalue weighted by Gasteiger charge is 2.36. The van der Waals surface area contributed by atoms with E-state index in [1.165, 1.54) is 18.3 Å². The monoisotopic (exact) mass is 460 g/mol. The smallest absolute Gasteiger partial charge is 0.383 e. The third kappa shape index (κ3) is 4.33. The Labute approximate surface area is 185 Å². The molecule has 1 aliphatic heterocycles. The Hall–Kier alpha value is -3.69.